The van der Waals surface area contributed by atoms with Gasteiger partial charge in [0, 0.05) is 43.6 Å². The summed E-state index contributed by atoms with van der Waals surface area (Å²) in [4.78, 5) is 19.2. The molecule has 0 N–H and O–H groups in total. The maximum Gasteiger partial charge on any atom is 0.276 e. The molecule has 1 saturated heterocycles. The van der Waals surface area contributed by atoms with Crippen LogP contribution in [0, 0.1) is 0 Å². The first-order valence-corrected chi connectivity index (χ1v) is 10.9. The summed E-state index contributed by atoms with van der Waals surface area (Å²) in [5, 5.41) is 4.63. The van der Waals surface area contributed by atoms with Gasteiger partial charge in [-0.15, -0.1) is 0 Å². The third-order valence-electron chi connectivity index (χ3n) is 5.36. The Kier molecular flexibility index (Phi) is 5.30. The van der Waals surface area contributed by atoms with Crippen LogP contribution in [0.25, 0.3) is 21.5 Å². The molecule has 8 heteroatoms. The van der Waals surface area contributed by atoms with Crippen LogP contribution >= 0.6 is 11.3 Å². The van der Waals surface area contributed by atoms with Crippen molar-refractivity contribution >= 4 is 27.5 Å². The first-order valence-electron chi connectivity index (χ1n) is 10.1. The van der Waals surface area contributed by atoms with Gasteiger partial charge in [-0.2, -0.15) is 0 Å². The molecule has 7 nitrogen and oxygen atoms in total. The number of carbonyl (C=O) groups excluding carboxylic acids is 1. The fourth-order valence-corrected chi connectivity index (χ4v) is 4.52. The first kappa shape index (κ1) is 19.6. The summed E-state index contributed by atoms with van der Waals surface area (Å²) in [5.74, 6) is 1.26. The molecule has 1 fully saturated rings. The average molecular weight is 436 g/mol. The highest BCUT2D eigenvalue weighted by Gasteiger charge is 2.27. The van der Waals surface area contributed by atoms with E-state index in [1.165, 1.54) is 11.3 Å². The van der Waals surface area contributed by atoms with E-state index in [4.69, 9.17) is 14.0 Å². The summed E-state index contributed by atoms with van der Waals surface area (Å²) < 4.78 is 17.8. The van der Waals surface area contributed by atoms with E-state index in [0.29, 0.717) is 29.7 Å². The van der Waals surface area contributed by atoms with Gasteiger partial charge in [-0.25, -0.2) is 4.98 Å². The second-order valence-corrected chi connectivity index (χ2v) is 8.36. The monoisotopic (exact) mass is 435 g/mol. The largest absolute Gasteiger partial charge is 0.497 e. The second-order valence-electron chi connectivity index (χ2n) is 7.37. The summed E-state index contributed by atoms with van der Waals surface area (Å²) in [6.45, 7) is 1.21. The Labute approximate surface area is 183 Å². The molecule has 158 valence electrons. The van der Waals surface area contributed by atoms with Gasteiger partial charge in [0.1, 0.15) is 11.9 Å². The van der Waals surface area contributed by atoms with Crippen LogP contribution in [0.2, 0.25) is 0 Å². The minimum absolute atomic E-state index is 0.0312. The number of methoxy groups -OCH3 is 1. The Bertz CT molecular complexity index is 1200. The van der Waals surface area contributed by atoms with Gasteiger partial charge in [0.15, 0.2) is 11.5 Å². The number of amides is 1. The molecule has 1 aliphatic rings. The number of carbonyl (C=O) groups is 1. The Morgan fingerprint density at radius 1 is 1.13 bits per heavy atom. The Balaban J connectivity index is 1.19. The van der Waals surface area contributed by atoms with Gasteiger partial charge in [-0.05, 0) is 12.1 Å². The number of fused-ring (bicyclic) bond motifs is 1. The van der Waals surface area contributed by atoms with Crippen molar-refractivity contribution in [3.8, 4) is 22.3 Å². The lowest BCUT2D eigenvalue weighted by atomic mass is 10.1. The molecule has 5 rings (SSSR count). The molecule has 2 aromatic carbocycles. The molecule has 4 aromatic rings. The molecular weight excluding hydrogens is 414 g/mol. The number of rotatable bonds is 5. The third kappa shape index (κ3) is 4.11. The summed E-state index contributed by atoms with van der Waals surface area (Å²) >= 11 is 1.52. The van der Waals surface area contributed by atoms with Crippen LogP contribution in [0.5, 0.6) is 10.9 Å². The van der Waals surface area contributed by atoms with Crippen molar-refractivity contribution in [2.75, 3.05) is 20.2 Å². The highest BCUT2D eigenvalue weighted by molar-refractivity contribution is 7.20. The average Bonchev–Trinajstić information content (AvgIpc) is 3.46. The van der Waals surface area contributed by atoms with Gasteiger partial charge in [-0.3, -0.25) is 4.79 Å². The van der Waals surface area contributed by atoms with E-state index in [0.717, 1.165) is 34.4 Å². The van der Waals surface area contributed by atoms with E-state index in [1.807, 2.05) is 48.5 Å². The Hall–Kier alpha value is -3.39. The molecular formula is C23H21N3O4S. The number of hydrogen-bond acceptors (Lipinski definition) is 7. The minimum Gasteiger partial charge on any atom is -0.497 e. The molecule has 2 aromatic heterocycles. The second kappa shape index (κ2) is 8.39. The highest BCUT2D eigenvalue weighted by Crippen LogP contribution is 2.32. The van der Waals surface area contributed by atoms with Crippen LogP contribution in [0.1, 0.15) is 23.3 Å². The van der Waals surface area contributed by atoms with Crippen LogP contribution in [0.15, 0.2) is 59.1 Å². The molecule has 1 aliphatic heterocycles. The van der Waals surface area contributed by atoms with Crippen LogP contribution in [-0.2, 0) is 0 Å². The number of ether oxygens (including phenoxy) is 2. The molecule has 0 bridgehead atoms. The molecule has 0 radical (unpaired) electrons. The number of nitrogens with zero attached hydrogens (tertiary/aromatic N) is 3. The number of thiazole rings is 1. The maximum atomic E-state index is 12.8. The lowest BCUT2D eigenvalue weighted by Crippen LogP contribution is -2.41. The van der Waals surface area contributed by atoms with Gasteiger partial charge < -0.3 is 18.9 Å². The van der Waals surface area contributed by atoms with Gasteiger partial charge in [0.25, 0.3) is 11.1 Å². The van der Waals surface area contributed by atoms with Crippen LogP contribution in [-0.4, -0.2) is 47.3 Å². The van der Waals surface area contributed by atoms with Gasteiger partial charge in [0.2, 0.25) is 0 Å². The highest BCUT2D eigenvalue weighted by atomic mass is 32.1. The van der Waals surface area contributed by atoms with Crippen molar-refractivity contribution in [3.05, 3.63) is 60.3 Å². The number of hydrogen-bond donors (Lipinski definition) is 0. The number of aromatic nitrogens is 2. The zero-order chi connectivity index (χ0) is 21.2. The van der Waals surface area contributed by atoms with E-state index in [2.05, 4.69) is 10.1 Å². The number of piperidine rings is 1. The lowest BCUT2D eigenvalue weighted by molar-refractivity contribution is 0.0586. The molecule has 0 atom stereocenters. The standard InChI is InChI=1S/C23H21N3O4S/c1-28-17-7-8-21-18(13-17)24-23(31-21)29-16-9-11-26(12-10-16)22(27)19-14-20(30-25-19)15-5-3-2-4-6-15/h2-8,13-14,16H,9-12H2,1H3. The van der Waals surface area contributed by atoms with Crippen LogP contribution in [0.4, 0.5) is 0 Å². The number of benzene rings is 2. The fraction of sp³-hybridized carbons (Fsp3) is 0.261. The zero-order valence-corrected chi connectivity index (χ0v) is 17.8. The lowest BCUT2D eigenvalue weighted by Gasteiger charge is -2.31. The Morgan fingerprint density at radius 2 is 1.94 bits per heavy atom. The summed E-state index contributed by atoms with van der Waals surface area (Å²) in [5.41, 5.74) is 2.10. The smallest absolute Gasteiger partial charge is 0.276 e. The predicted octanol–water partition coefficient (Wildman–Crippen LogP) is 4.64. The van der Waals surface area contributed by atoms with E-state index >= 15 is 0 Å². The van der Waals surface area contributed by atoms with Gasteiger partial charge in [0.05, 0.1) is 17.3 Å². The normalized spacial score (nSPS) is 14.7. The first-order chi connectivity index (χ1) is 15.2. The van der Waals surface area contributed by atoms with E-state index in [9.17, 15) is 4.79 Å². The molecule has 0 spiro atoms. The minimum atomic E-state index is -0.114. The third-order valence-corrected chi connectivity index (χ3v) is 6.29. The van der Waals surface area contributed by atoms with Crippen molar-refractivity contribution in [1.82, 2.24) is 15.0 Å². The fourth-order valence-electron chi connectivity index (χ4n) is 3.66. The SMILES string of the molecule is COc1ccc2sc(OC3CCN(C(=O)c4cc(-c5ccccc5)on4)CC3)nc2c1. The van der Waals surface area contributed by atoms with Crippen molar-refractivity contribution in [2.45, 2.75) is 18.9 Å². The predicted molar refractivity (Wildman–Crippen MR) is 118 cm³/mol. The zero-order valence-electron chi connectivity index (χ0n) is 17.0. The molecule has 0 unspecified atom stereocenters. The van der Waals surface area contributed by atoms with E-state index in [1.54, 1.807) is 18.1 Å². The summed E-state index contributed by atoms with van der Waals surface area (Å²) in [7, 11) is 1.64. The van der Waals surface area contributed by atoms with Crippen LogP contribution in [0.3, 0.4) is 0 Å². The molecule has 3 heterocycles. The van der Waals surface area contributed by atoms with E-state index < -0.39 is 0 Å². The quantitative estimate of drug-likeness (QED) is 0.454. The van der Waals surface area contributed by atoms with Crippen molar-refractivity contribution in [3.63, 3.8) is 0 Å². The number of likely N-dealkylation sites (tertiary alicyclic amines) is 1. The summed E-state index contributed by atoms with van der Waals surface area (Å²) in [6.07, 6.45) is 1.52. The van der Waals surface area contributed by atoms with Crippen molar-refractivity contribution in [1.29, 1.82) is 0 Å². The molecule has 0 saturated carbocycles. The van der Waals surface area contributed by atoms with Gasteiger partial charge in [-0.1, -0.05) is 46.8 Å². The maximum absolute atomic E-state index is 12.8. The Morgan fingerprint density at radius 3 is 2.71 bits per heavy atom. The summed E-state index contributed by atoms with van der Waals surface area (Å²) in [6, 6.07) is 17.1. The molecule has 1 amide bonds. The topological polar surface area (TPSA) is 77.7 Å². The van der Waals surface area contributed by atoms with Crippen LogP contribution < -0.4 is 9.47 Å². The van der Waals surface area contributed by atoms with Crippen molar-refractivity contribution in [2.24, 2.45) is 0 Å². The van der Waals surface area contributed by atoms with E-state index in [-0.39, 0.29) is 12.0 Å². The van der Waals surface area contributed by atoms with Gasteiger partial charge >= 0.3 is 0 Å². The molecule has 31 heavy (non-hydrogen) atoms. The molecule has 0 aliphatic carbocycles. The van der Waals surface area contributed by atoms with Crippen molar-refractivity contribution < 1.29 is 18.8 Å².